The predicted octanol–water partition coefficient (Wildman–Crippen LogP) is 4.80. The van der Waals surface area contributed by atoms with Gasteiger partial charge in [-0.1, -0.05) is 65.7 Å². The number of halogens is 2. The minimum absolute atomic E-state index is 0.0320. The molecule has 0 bridgehead atoms. The number of benzene rings is 3. The fraction of sp³-hybridized carbons (Fsp3) is 0.107. The third kappa shape index (κ3) is 3.13. The lowest BCUT2D eigenvalue weighted by Gasteiger charge is -2.38. The molecule has 7 nitrogen and oxygen atoms in total. The predicted molar refractivity (Wildman–Crippen MR) is 140 cm³/mol. The minimum atomic E-state index is -1.76. The van der Waals surface area contributed by atoms with Gasteiger partial charge < -0.3 is 15.4 Å². The summed E-state index contributed by atoms with van der Waals surface area (Å²) in [5.41, 5.74) is 7.65. The molecule has 3 aromatic carbocycles. The van der Waals surface area contributed by atoms with Gasteiger partial charge in [-0.2, -0.15) is 5.26 Å². The van der Waals surface area contributed by atoms with Crippen LogP contribution in [0.2, 0.25) is 10.0 Å². The van der Waals surface area contributed by atoms with E-state index < -0.39 is 17.3 Å². The average Bonchev–Trinajstić information content (AvgIpc) is 3.38. The van der Waals surface area contributed by atoms with E-state index in [2.05, 4.69) is 6.07 Å². The largest absolute Gasteiger partial charge is 0.456 e. The molecule has 9 heteroatoms. The second-order valence-corrected chi connectivity index (χ2v) is 9.68. The van der Waals surface area contributed by atoms with Crippen molar-refractivity contribution in [1.29, 1.82) is 5.26 Å². The Morgan fingerprint density at radius 1 is 1.03 bits per heavy atom. The van der Waals surface area contributed by atoms with Crippen LogP contribution in [0.15, 0.2) is 95.5 Å². The Morgan fingerprint density at radius 3 is 2.54 bits per heavy atom. The van der Waals surface area contributed by atoms with Gasteiger partial charge in [0.25, 0.3) is 0 Å². The molecule has 1 spiro atoms. The second kappa shape index (κ2) is 8.41. The number of para-hydroxylation sites is 1. The minimum Gasteiger partial charge on any atom is -0.456 e. The molecule has 1 amide bonds. The molecule has 0 unspecified atom stereocenters. The molecule has 0 aliphatic carbocycles. The van der Waals surface area contributed by atoms with Gasteiger partial charge in [0, 0.05) is 27.0 Å². The molecular formula is C28H18Cl2N4O3. The molecule has 37 heavy (non-hydrogen) atoms. The number of nitrogens with zero attached hydrogens (tertiary/aromatic N) is 3. The highest BCUT2D eigenvalue weighted by Gasteiger charge is 2.64. The van der Waals surface area contributed by atoms with Gasteiger partial charge in [-0.05, 0) is 35.9 Å². The smallest absolute Gasteiger partial charge is 0.338 e. The summed E-state index contributed by atoms with van der Waals surface area (Å²) in [5.74, 6) is -1.11. The van der Waals surface area contributed by atoms with Gasteiger partial charge in [0.2, 0.25) is 5.91 Å². The number of fused-ring (bicyclic) bond motifs is 3. The molecule has 0 saturated carbocycles. The maximum absolute atomic E-state index is 14.5. The van der Waals surface area contributed by atoms with E-state index in [4.69, 9.17) is 33.7 Å². The molecule has 0 radical (unpaired) electrons. The third-order valence-electron chi connectivity index (χ3n) is 6.98. The van der Waals surface area contributed by atoms with E-state index in [9.17, 15) is 14.9 Å². The summed E-state index contributed by atoms with van der Waals surface area (Å²) in [6.45, 7) is 0.0351. The Balaban J connectivity index is 1.62. The zero-order valence-corrected chi connectivity index (χ0v) is 20.8. The second-order valence-electron chi connectivity index (χ2n) is 8.84. The fourth-order valence-corrected chi connectivity index (χ4v) is 5.84. The Kier molecular flexibility index (Phi) is 5.27. The Labute approximate surface area is 222 Å². The van der Waals surface area contributed by atoms with Gasteiger partial charge >= 0.3 is 5.97 Å². The first-order valence-corrected chi connectivity index (χ1v) is 12.2. The number of hydrogen-bond acceptors (Lipinski definition) is 6. The van der Waals surface area contributed by atoms with E-state index in [-0.39, 0.29) is 30.1 Å². The molecule has 3 aliphatic heterocycles. The van der Waals surface area contributed by atoms with E-state index >= 15 is 0 Å². The van der Waals surface area contributed by atoms with Crippen LogP contribution in [-0.2, 0) is 26.3 Å². The molecule has 3 heterocycles. The summed E-state index contributed by atoms with van der Waals surface area (Å²) in [6, 6.07) is 23.3. The van der Waals surface area contributed by atoms with Crippen molar-refractivity contribution in [2.45, 2.75) is 12.0 Å². The van der Waals surface area contributed by atoms with Crippen molar-refractivity contribution >= 4 is 46.5 Å². The van der Waals surface area contributed by atoms with E-state index in [0.29, 0.717) is 32.7 Å². The molecule has 0 aromatic heterocycles. The molecular weight excluding hydrogens is 511 g/mol. The zero-order valence-electron chi connectivity index (χ0n) is 19.2. The Bertz CT molecular complexity index is 1620. The summed E-state index contributed by atoms with van der Waals surface area (Å²) in [6.07, 6.45) is 0. The SMILES string of the molecule is N#CC1=C(N)N(c2cccc(Cl)c2)C2=C(C(=O)OC2)[C@@]12C(=O)N(Cc1ccccc1Cl)c1ccccc12. The zero-order chi connectivity index (χ0) is 25.9. The van der Waals surface area contributed by atoms with Gasteiger partial charge in [0.05, 0.1) is 23.4 Å². The van der Waals surface area contributed by atoms with Crippen molar-refractivity contribution in [1.82, 2.24) is 0 Å². The highest BCUT2D eigenvalue weighted by atomic mass is 35.5. The molecule has 3 aliphatic rings. The molecule has 6 rings (SSSR count). The molecule has 182 valence electrons. The monoisotopic (exact) mass is 528 g/mol. The van der Waals surface area contributed by atoms with Crippen LogP contribution in [0.25, 0.3) is 0 Å². The van der Waals surface area contributed by atoms with E-state index in [1.807, 2.05) is 18.2 Å². The van der Waals surface area contributed by atoms with Crippen LogP contribution >= 0.6 is 23.2 Å². The summed E-state index contributed by atoms with van der Waals surface area (Å²) in [5, 5.41) is 11.4. The quantitative estimate of drug-likeness (QED) is 0.490. The standard InChI is InChI=1S/C28H18Cl2N4O3/c29-17-7-5-8-18(12-17)34-23-15-37-26(35)24(23)28(20(13-31)25(34)32)19-9-2-4-11-22(19)33(27(28)36)14-16-6-1-3-10-21(16)30/h1-12H,14-15,32H2/t28-/m0/s1. The van der Waals surface area contributed by atoms with Crippen molar-refractivity contribution in [3.8, 4) is 6.07 Å². The summed E-state index contributed by atoms with van der Waals surface area (Å²) in [7, 11) is 0. The van der Waals surface area contributed by atoms with Crippen molar-refractivity contribution in [2.24, 2.45) is 5.73 Å². The van der Waals surface area contributed by atoms with Gasteiger partial charge in [-0.15, -0.1) is 0 Å². The lowest BCUT2D eigenvalue weighted by atomic mass is 9.67. The number of hydrogen-bond donors (Lipinski definition) is 1. The van der Waals surface area contributed by atoms with E-state index in [1.165, 1.54) is 0 Å². The lowest BCUT2D eigenvalue weighted by molar-refractivity contribution is -0.137. The highest BCUT2D eigenvalue weighted by Crippen LogP contribution is 2.56. The van der Waals surface area contributed by atoms with Crippen LogP contribution in [0.5, 0.6) is 0 Å². The number of ether oxygens (including phenoxy) is 1. The van der Waals surface area contributed by atoms with Crippen LogP contribution in [0.4, 0.5) is 11.4 Å². The van der Waals surface area contributed by atoms with Crippen molar-refractivity contribution in [3.63, 3.8) is 0 Å². The number of amides is 1. The molecule has 1 atom stereocenters. The van der Waals surface area contributed by atoms with Crippen molar-refractivity contribution in [2.75, 3.05) is 16.4 Å². The highest BCUT2D eigenvalue weighted by molar-refractivity contribution is 6.31. The van der Waals surface area contributed by atoms with E-state index in [1.54, 1.807) is 64.4 Å². The number of carbonyl (C=O) groups is 2. The Morgan fingerprint density at radius 2 is 1.78 bits per heavy atom. The van der Waals surface area contributed by atoms with Crippen molar-refractivity contribution in [3.05, 3.63) is 117 Å². The van der Waals surface area contributed by atoms with Gasteiger partial charge in [-0.25, -0.2) is 4.79 Å². The molecule has 2 N–H and O–H groups in total. The number of esters is 1. The van der Waals surface area contributed by atoms with Gasteiger partial charge in [0.15, 0.2) is 0 Å². The summed E-state index contributed by atoms with van der Waals surface area (Å²) in [4.78, 5) is 31.0. The molecule has 3 aromatic rings. The fourth-order valence-electron chi connectivity index (χ4n) is 5.46. The van der Waals surface area contributed by atoms with Crippen LogP contribution in [0.1, 0.15) is 11.1 Å². The first-order chi connectivity index (χ1) is 17.9. The van der Waals surface area contributed by atoms with Gasteiger partial charge in [-0.3, -0.25) is 9.69 Å². The number of rotatable bonds is 3. The third-order valence-corrected chi connectivity index (χ3v) is 7.58. The van der Waals surface area contributed by atoms with Gasteiger partial charge in [0.1, 0.15) is 23.9 Å². The van der Waals surface area contributed by atoms with Crippen LogP contribution in [0, 0.1) is 11.3 Å². The number of nitrogens with two attached hydrogens (primary N) is 1. The Hall–Kier alpha value is -4.25. The molecule has 0 fully saturated rings. The topological polar surface area (TPSA) is 99.7 Å². The van der Waals surface area contributed by atoms with Crippen LogP contribution in [0.3, 0.4) is 0 Å². The average molecular weight is 529 g/mol. The lowest BCUT2D eigenvalue weighted by Crippen LogP contribution is -2.50. The summed E-state index contributed by atoms with van der Waals surface area (Å²) < 4.78 is 5.47. The summed E-state index contributed by atoms with van der Waals surface area (Å²) >= 11 is 12.7. The van der Waals surface area contributed by atoms with Crippen molar-refractivity contribution < 1.29 is 14.3 Å². The number of anilines is 2. The van der Waals surface area contributed by atoms with Crippen LogP contribution < -0.4 is 15.5 Å². The number of nitriles is 1. The van der Waals surface area contributed by atoms with Crippen LogP contribution in [-0.4, -0.2) is 18.5 Å². The normalized spacial score (nSPS) is 20.4. The molecule has 0 saturated heterocycles. The maximum atomic E-state index is 14.5. The first-order valence-electron chi connectivity index (χ1n) is 11.4. The number of cyclic esters (lactones) is 1. The van der Waals surface area contributed by atoms with E-state index in [0.717, 1.165) is 5.56 Å². The number of carbonyl (C=O) groups excluding carboxylic acids is 2. The first kappa shape index (κ1) is 23.2. The maximum Gasteiger partial charge on any atom is 0.338 e.